The van der Waals surface area contributed by atoms with Gasteiger partial charge in [0.05, 0.1) is 10.6 Å². The molecule has 0 saturated heterocycles. The van der Waals surface area contributed by atoms with Crippen LogP contribution in [0.2, 0.25) is 0 Å². The number of amides is 1. The highest BCUT2D eigenvalue weighted by Crippen LogP contribution is 2.30. The molecule has 0 spiro atoms. The average Bonchev–Trinajstić information content (AvgIpc) is 2.82. The second kappa shape index (κ2) is 7.12. The molecule has 3 rings (SSSR count). The Morgan fingerprint density at radius 3 is 2.71 bits per heavy atom. The highest BCUT2D eigenvalue weighted by Gasteiger charge is 2.24. The number of non-ortho nitro benzene ring substituents is 1. The van der Waals surface area contributed by atoms with E-state index in [1.54, 1.807) is 17.0 Å². The maximum Gasteiger partial charge on any atom is 0.414 e. The maximum absolute atomic E-state index is 12.5. The fourth-order valence-corrected chi connectivity index (χ4v) is 2.84. The van der Waals surface area contributed by atoms with Gasteiger partial charge in [-0.2, -0.15) is 0 Å². The number of anilines is 1. The van der Waals surface area contributed by atoms with E-state index >= 15 is 0 Å². The van der Waals surface area contributed by atoms with Crippen LogP contribution in [-0.2, 0) is 17.8 Å². The van der Waals surface area contributed by atoms with Crippen molar-refractivity contribution in [3.63, 3.8) is 0 Å². The molecule has 0 fully saturated rings. The topological polar surface area (TPSA) is 72.7 Å². The Morgan fingerprint density at radius 1 is 1.17 bits per heavy atom. The Balaban J connectivity index is 1.78. The van der Waals surface area contributed by atoms with Gasteiger partial charge >= 0.3 is 6.09 Å². The first-order chi connectivity index (χ1) is 11.6. The number of rotatable bonds is 3. The molecule has 2 aromatic carbocycles. The Kier molecular flexibility index (Phi) is 4.74. The molecule has 124 valence electrons. The number of aryl methyl sites for hydroxylation is 1. The summed E-state index contributed by atoms with van der Waals surface area (Å²) in [4.78, 5) is 24.6. The average molecular weight is 326 g/mol. The van der Waals surface area contributed by atoms with Crippen LogP contribution >= 0.6 is 0 Å². The van der Waals surface area contributed by atoms with Gasteiger partial charge in [-0.3, -0.25) is 15.0 Å². The molecule has 6 heteroatoms. The summed E-state index contributed by atoms with van der Waals surface area (Å²) >= 11 is 0. The third-order valence-corrected chi connectivity index (χ3v) is 4.07. The van der Waals surface area contributed by atoms with E-state index < -0.39 is 11.0 Å². The standard InChI is InChI=1S/C18H18N2O4/c21-18(24-13-14-6-2-1-3-7-14)19-11-5-4-8-15-12-16(20(22)23)9-10-17(15)19/h1-3,6-7,9-10,12H,4-5,8,11,13H2. The molecular formula is C18H18N2O4. The summed E-state index contributed by atoms with van der Waals surface area (Å²) in [6.45, 7) is 0.761. The lowest BCUT2D eigenvalue weighted by molar-refractivity contribution is -0.384. The Bertz CT molecular complexity index is 746. The number of carbonyl (C=O) groups excluding carboxylic acids is 1. The second-order valence-electron chi connectivity index (χ2n) is 5.72. The maximum atomic E-state index is 12.5. The summed E-state index contributed by atoms with van der Waals surface area (Å²) in [5.41, 5.74) is 2.49. The largest absolute Gasteiger partial charge is 0.444 e. The molecule has 0 saturated carbocycles. The Morgan fingerprint density at radius 2 is 1.96 bits per heavy atom. The number of hydrogen-bond donors (Lipinski definition) is 0. The quantitative estimate of drug-likeness (QED) is 0.629. The number of benzene rings is 2. The normalized spacial score (nSPS) is 13.8. The number of carbonyl (C=O) groups is 1. The summed E-state index contributed by atoms with van der Waals surface area (Å²) in [5, 5.41) is 10.9. The minimum Gasteiger partial charge on any atom is -0.444 e. The zero-order valence-corrected chi connectivity index (χ0v) is 13.2. The van der Waals surface area contributed by atoms with E-state index in [-0.39, 0.29) is 12.3 Å². The van der Waals surface area contributed by atoms with Crippen LogP contribution in [0.15, 0.2) is 48.5 Å². The van der Waals surface area contributed by atoms with Crippen molar-refractivity contribution >= 4 is 17.5 Å². The van der Waals surface area contributed by atoms with Gasteiger partial charge in [0.1, 0.15) is 6.61 Å². The molecule has 0 atom stereocenters. The van der Waals surface area contributed by atoms with Crippen LogP contribution < -0.4 is 4.90 Å². The number of nitrogens with zero attached hydrogens (tertiary/aromatic N) is 2. The van der Waals surface area contributed by atoms with Crippen molar-refractivity contribution < 1.29 is 14.5 Å². The van der Waals surface area contributed by atoms with Crippen molar-refractivity contribution in [1.29, 1.82) is 0 Å². The molecule has 0 bridgehead atoms. The van der Waals surface area contributed by atoms with Gasteiger partial charge in [0.15, 0.2) is 0 Å². The highest BCUT2D eigenvalue weighted by molar-refractivity contribution is 5.89. The third-order valence-electron chi connectivity index (χ3n) is 4.07. The van der Waals surface area contributed by atoms with Crippen molar-refractivity contribution in [2.24, 2.45) is 0 Å². The molecule has 0 unspecified atom stereocenters. The van der Waals surface area contributed by atoms with E-state index in [4.69, 9.17) is 4.74 Å². The lowest BCUT2D eigenvalue weighted by Gasteiger charge is -2.22. The molecule has 1 amide bonds. The van der Waals surface area contributed by atoms with Crippen molar-refractivity contribution in [1.82, 2.24) is 0 Å². The van der Waals surface area contributed by atoms with Gasteiger partial charge in [0.25, 0.3) is 5.69 Å². The second-order valence-corrected chi connectivity index (χ2v) is 5.72. The molecule has 1 aliphatic rings. The summed E-state index contributed by atoms with van der Waals surface area (Å²) in [6, 6.07) is 14.1. The van der Waals surface area contributed by atoms with E-state index in [9.17, 15) is 14.9 Å². The van der Waals surface area contributed by atoms with Crippen LogP contribution in [0.5, 0.6) is 0 Å². The van der Waals surface area contributed by atoms with Crippen LogP contribution in [0.1, 0.15) is 24.0 Å². The van der Waals surface area contributed by atoms with Gasteiger partial charge in [0.2, 0.25) is 0 Å². The predicted octanol–water partition coefficient (Wildman–Crippen LogP) is 4.07. The van der Waals surface area contributed by atoms with Gasteiger partial charge in [-0.15, -0.1) is 0 Å². The minimum atomic E-state index is -0.421. The molecule has 1 aliphatic heterocycles. The first-order valence-corrected chi connectivity index (χ1v) is 7.90. The van der Waals surface area contributed by atoms with E-state index in [2.05, 4.69) is 0 Å². The number of nitro benzene ring substituents is 1. The SMILES string of the molecule is O=C(OCc1ccccc1)N1CCCCc2cc([N+](=O)[O-])ccc21. The third kappa shape index (κ3) is 3.53. The number of nitro groups is 1. The van der Waals surface area contributed by atoms with Crippen molar-refractivity contribution in [3.05, 3.63) is 69.8 Å². The molecule has 6 nitrogen and oxygen atoms in total. The van der Waals surface area contributed by atoms with Crippen molar-refractivity contribution in [2.75, 3.05) is 11.4 Å². The van der Waals surface area contributed by atoms with E-state index in [1.165, 1.54) is 6.07 Å². The predicted molar refractivity (Wildman–Crippen MR) is 90.0 cm³/mol. The van der Waals surface area contributed by atoms with E-state index in [0.29, 0.717) is 12.2 Å². The summed E-state index contributed by atoms with van der Waals surface area (Å²) in [7, 11) is 0. The monoisotopic (exact) mass is 326 g/mol. The molecule has 0 aliphatic carbocycles. The first kappa shape index (κ1) is 16.0. The van der Waals surface area contributed by atoms with Crippen LogP contribution in [0.25, 0.3) is 0 Å². The summed E-state index contributed by atoms with van der Waals surface area (Å²) in [6.07, 6.45) is 2.02. The van der Waals surface area contributed by atoms with E-state index in [0.717, 1.165) is 30.4 Å². The van der Waals surface area contributed by atoms with Crippen LogP contribution in [0.4, 0.5) is 16.2 Å². The number of hydrogen-bond acceptors (Lipinski definition) is 4. The highest BCUT2D eigenvalue weighted by atomic mass is 16.6. The van der Waals surface area contributed by atoms with E-state index in [1.807, 2.05) is 30.3 Å². The smallest absolute Gasteiger partial charge is 0.414 e. The van der Waals surface area contributed by atoms with Gasteiger partial charge in [0, 0.05) is 18.7 Å². The molecule has 1 heterocycles. The minimum absolute atomic E-state index is 0.0493. The number of fused-ring (bicyclic) bond motifs is 1. The zero-order valence-electron chi connectivity index (χ0n) is 13.2. The van der Waals surface area contributed by atoms with Crippen molar-refractivity contribution in [3.8, 4) is 0 Å². The first-order valence-electron chi connectivity index (χ1n) is 7.90. The van der Waals surface area contributed by atoms with Crippen LogP contribution in [0, 0.1) is 10.1 Å². The van der Waals surface area contributed by atoms with Crippen LogP contribution in [-0.4, -0.2) is 17.6 Å². The molecule has 2 aromatic rings. The molecule has 0 N–H and O–H groups in total. The Hall–Kier alpha value is -2.89. The fraction of sp³-hybridized carbons (Fsp3) is 0.278. The van der Waals surface area contributed by atoms with Gasteiger partial charge in [-0.1, -0.05) is 30.3 Å². The fourth-order valence-electron chi connectivity index (χ4n) is 2.84. The summed E-state index contributed by atoms with van der Waals surface area (Å²) < 4.78 is 5.41. The number of ether oxygens (including phenoxy) is 1. The van der Waals surface area contributed by atoms with Crippen LogP contribution in [0.3, 0.4) is 0 Å². The summed E-state index contributed by atoms with van der Waals surface area (Å²) in [5.74, 6) is 0. The molecular weight excluding hydrogens is 308 g/mol. The van der Waals surface area contributed by atoms with Crippen molar-refractivity contribution in [2.45, 2.75) is 25.9 Å². The Labute approximate surface area is 139 Å². The molecule has 0 radical (unpaired) electrons. The van der Waals surface area contributed by atoms with Gasteiger partial charge in [-0.05, 0) is 36.5 Å². The van der Waals surface area contributed by atoms with Gasteiger partial charge in [-0.25, -0.2) is 4.79 Å². The zero-order chi connectivity index (χ0) is 16.9. The lowest BCUT2D eigenvalue weighted by Crippen LogP contribution is -2.32. The molecule has 24 heavy (non-hydrogen) atoms. The van der Waals surface area contributed by atoms with Gasteiger partial charge < -0.3 is 4.74 Å². The lowest BCUT2D eigenvalue weighted by atomic mass is 10.1. The molecule has 0 aromatic heterocycles.